The zero-order valence-corrected chi connectivity index (χ0v) is 16.0. The number of methoxy groups -OCH3 is 1. The molecule has 1 N–H and O–H groups in total. The zero-order valence-electron chi connectivity index (χ0n) is 16.0. The Morgan fingerprint density at radius 2 is 2.14 bits per heavy atom. The van der Waals surface area contributed by atoms with Crippen molar-refractivity contribution in [3.8, 4) is 11.4 Å². The van der Waals surface area contributed by atoms with Gasteiger partial charge in [0.05, 0.1) is 25.8 Å². The molecule has 0 spiro atoms. The van der Waals surface area contributed by atoms with Crippen LogP contribution < -0.4 is 10.1 Å². The SMILES string of the molecule is COc1cccc(CC(=O)N[C@@H]2CCCc3c2cnn3-c2ccc(F)cc2F)c1. The van der Waals surface area contributed by atoms with Gasteiger partial charge in [-0.2, -0.15) is 5.10 Å². The molecule has 0 unspecified atom stereocenters. The lowest BCUT2D eigenvalue weighted by molar-refractivity contribution is -0.121. The highest BCUT2D eigenvalue weighted by Gasteiger charge is 2.26. The third kappa shape index (κ3) is 3.99. The fraction of sp³-hybridized carbons (Fsp3) is 0.273. The average Bonchev–Trinajstić information content (AvgIpc) is 3.13. The van der Waals surface area contributed by atoms with E-state index in [-0.39, 0.29) is 24.1 Å². The smallest absolute Gasteiger partial charge is 0.224 e. The van der Waals surface area contributed by atoms with Crippen LogP contribution in [0.2, 0.25) is 0 Å². The number of hydrogen-bond donors (Lipinski definition) is 1. The summed E-state index contributed by atoms with van der Waals surface area (Å²) in [6.45, 7) is 0. The number of carbonyl (C=O) groups is 1. The number of aromatic nitrogens is 2. The summed E-state index contributed by atoms with van der Waals surface area (Å²) in [7, 11) is 1.59. The molecule has 1 aromatic heterocycles. The van der Waals surface area contributed by atoms with Gasteiger partial charge in [0.2, 0.25) is 5.91 Å². The summed E-state index contributed by atoms with van der Waals surface area (Å²) < 4.78 is 34.2. The molecule has 5 nitrogen and oxygen atoms in total. The zero-order chi connectivity index (χ0) is 20.4. The highest BCUT2D eigenvalue weighted by molar-refractivity contribution is 5.79. The summed E-state index contributed by atoms with van der Waals surface area (Å²) in [6.07, 6.45) is 4.24. The topological polar surface area (TPSA) is 56.1 Å². The molecule has 2 aromatic carbocycles. The number of hydrogen-bond acceptors (Lipinski definition) is 3. The number of fused-ring (bicyclic) bond motifs is 1. The second kappa shape index (κ2) is 8.03. The summed E-state index contributed by atoms with van der Waals surface area (Å²) >= 11 is 0. The van der Waals surface area contributed by atoms with Crippen LogP contribution in [-0.4, -0.2) is 22.8 Å². The standard InChI is InChI=1S/C22H21F2N3O2/c1-29-16-5-2-4-14(10-16)11-22(28)26-19-6-3-7-20-17(19)13-25-27(20)21-9-8-15(23)12-18(21)24/h2,4-5,8-10,12-13,19H,3,6-7,11H2,1H3,(H,26,28)/t19-/m1/s1. The molecule has 0 bridgehead atoms. The first-order chi connectivity index (χ1) is 14.0. The van der Waals surface area contributed by atoms with Crippen molar-refractivity contribution in [1.29, 1.82) is 0 Å². The Bertz CT molecular complexity index is 1050. The number of amides is 1. The maximum Gasteiger partial charge on any atom is 0.224 e. The monoisotopic (exact) mass is 397 g/mol. The molecule has 1 heterocycles. The quantitative estimate of drug-likeness (QED) is 0.711. The summed E-state index contributed by atoms with van der Waals surface area (Å²) in [6, 6.07) is 10.6. The number of halogens is 2. The molecule has 29 heavy (non-hydrogen) atoms. The molecular formula is C22H21F2N3O2. The molecule has 3 aromatic rings. The average molecular weight is 397 g/mol. The van der Waals surface area contributed by atoms with Crippen LogP contribution in [0.1, 0.15) is 35.7 Å². The van der Waals surface area contributed by atoms with Gasteiger partial charge in [0.25, 0.3) is 0 Å². The molecule has 1 atom stereocenters. The molecule has 0 saturated carbocycles. The molecule has 1 aliphatic rings. The molecule has 0 aliphatic heterocycles. The van der Waals surface area contributed by atoms with Gasteiger partial charge in [-0.3, -0.25) is 4.79 Å². The van der Waals surface area contributed by atoms with Gasteiger partial charge in [0.1, 0.15) is 17.3 Å². The maximum absolute atomic E-state index is 14.2. The normalized spacial score (nSPS) is 15.6. The van der Waals surface area contributed by atoms with Gasteiger partial charge in [-0.05, 0) is 49.1 Å². The Morgan fingerprint density at radius 1 is 1.28 bits per heavy atom. The number of rotatable bonds is 5. The van der Waals surface area contributed by atoms with Crippen LogP contribution in [0.4, 0.5) is 8.78 Å². The van der Waals surface area contributed by atoms with Crippen molar-refractivity contribution >= 4 is 5.91 Å². The summed E-state index contributed by atoms with van der Waals surface area (Å²) in [4.78, 5) is 12.6. The van der Waals surface area contributed by atoms with Gasteiger partial charge in [-0.1, -0.05) is 12.1 Å². The lowest BCUT2D eigenvalue weighted by Crippen LogP contribution is -2.32. The largest absolute Gasteiger partial charge is 0.497 e. The lowest BCUT2D eigenvalue weighted by Gasteiger charge is -2.24. The van der Waals surface area contributed by atoms with Gasteiger partial charge >= 0.3 is 0 Å². The fourth-order valence-corrected chi connectivity index (χ4v) is 3.78. The molecule has 0 saturated heterocycles. The number of carbonyl (C=O) groups excluding carboxylic acids is 1. The highest BCUT2D eigenvalue weighted by Crippen LogP contribution is 2.31. The molecule has 150 valence electrons. The molecule has 0 radical (unpaired) electrons. The van der Waals surface area contributed by atoms with E-state index in [1.54, 1.807) is 13.3 Å². The molecular weight excluding hydrogens is 376 g/mol. The molecule has 1 aliphatic carbocycles. The minimum atomic E-state index is -0.667. The van der Waals surface area contributed by atoms with Crippen molar-refractivity contribution in [1.82, 2.24) is 15.1 Å². The highest BCUT2D eigenvalue weighted by atomic mass is 19.1. The number of nitrogens with zero attached hydrogens (tertiary/aromatic N) is 2. The fourth-order valence-electron chi connectivity index (χ4n) is 3.78. The number of ether oxygens (including phenoxy) is 1. The van der Waals surface area contributed by atoms with Crippen molar-refractivity contribution in [2.24, 2.45) is 0 Å². The Hall–Kier alpha value is -3.22. The predicted molar refractivity (Wildman–Crippen MR) is 104 cm³/mol. The van der Waals surface area contributed by atoms with Crippen LogP contribution in [0, 0.1) is 11.6 Å². The maximum atomic E-state index is 14.2. The molecule has 0 fully saturated rings. The van der Waals surface area contributed by atoms with Crippen molar-refractivity contribution in [3.63, 3.8) is 0 Å². The van der Waals surface area contributed by atoms with E-state index in [0.717, 1.165) is 35.7 Å². The van der Waals surface area contributed by atoms with Crippen molar-refractivity contribution in [3.05, 3.63) is 77.1 Å². The van der Waals surface area contributed by atoms with Gasteiger partial charge in [0, 0.05) is 17.3 Å². The lowest BCUT2D eigenvalue weighted by atomic mass is 9.92. The summed E-state index contributed by atoms with van der Waals surface area (Å²) in [5, 5.41) is 7.37. The van der Waals surface area contributed by atoms with Crippen LogP contribution >= 0.6 is 0 Å². The Morgan fingerprint density at radius 3 is 2.93 bits per heavy atom. The third-order valence-corrected chi connectivity index (χ3v) is 5.15. The van der Waals surface area contributed by atoms with Gasteiger partial charge in [0.15, 0.2) is 5.82 Å². The van der Waals surface area contributed by atoms with E-state index in [2.05, 4.69) is 10.4 Å². The minimum absolute atomic E-state index is 0.100. The molecule has 7 heteroatoms. The van der Waals surface area contributed by atoms with E-state index in [1.807, 2.05) is 24.3 Å². The van der Waals surface area contributed by atoms with E-state index in [1.165, 1.54) is 16.8 Å². The van der Waals surface area contributed by atoms with Crippen LogP contribution in [0.15, 0.2) is 48.7 Å². The van der Waals surface area contributed by atoms with E-state index in [4.69, 9.17) is 4.74 Å². The minimum Gasteiger partial charge on any atom is -0.497 e. The van der Waals surface area contributed by atoms with Crippen molar-refractivity contribution < 1.29 is 18.3 Å². The van der Waals surface area contributed by atoms with Crippen LogP contribution in [0.5, 0.6) is 5.75 Å². The Labute approximate surface area is 167 Å². The van der Waals surface area contributed by atoms with Crippen LogP contribution in [-0.2, 0) is 17.6 Å². The Balaban J connectivity index is 1.53. The predicted octanol–water partition coefficient (Wildman–Crippen LogP) is 3.90. The Kier molecular flexibility index (Phi) is 5.29. The first-order valence-electron chi connectivity index (χ1n) is 9.49. The molecule has 4 rings (SSSR count). The van der Waals surface area contributed by atoms with E-state index in [9.17, 15) is 13.6 Å². The number of benzene rings is 2. The van der Waals surface area contributed by atoms with E-state index >= 15 is 0 Å². The first kappa shape index (κ1) is 19.1. The van der Waals surface area contributed by atoms with Gasteiger partial charge in [-0.25, -0.2) is 13.5 Å². The van der Waals surface area contributed by atoms with Crippen LogP contribution in [0.3, 0.4) is 0 Å². The summed E-state index contributed by atoms with van der Waals surface area (Å²) in [5.74, 6) is -0.690. The molecule has 1 amide bonds. The second-order valence-corrected chi connectivity index (χ2v) is 7.09. The van der Waals surface area contributed by atoms with Crippen molar-refractivity contribution in [2.45, 2.75) is 31.7 Å². The van der Waals surface area contributed by atoms with Crippen LogP contribution in [0.25, 0.3) is 5.69 Å². The number of nitrogens with one attached hydrogen (secondary N) is 1. The first-order valence-corrected chi connectivity index (χ1v) is 9.49. The van der Waals surface area contributed by atoms with E-state index < -0.39 is 11.6 Å². The van der Waals surface area contributed by atoms with E-state index in [0.29, 0.717) is 12.2 Å². The third-order valence-electron chi connectivity index (χ3n) is 5.15. The summed E-state index contributed by atoms with van der Waals surface area (Å²) in [5.41, 5.74) is 2.78. The van der Waals surface area contributed by atoms with Gasteiger partial charge < -0.3 is 10.1 Å². The second-order valence-electron chi connectivity index (χ2n) is 7.09. The van der Waals surface area contributed by atoms with Gasteiger partial charge in [-0.15, -0.1) is 0 Å². The van der Waals surface area contributed by atoms with Crippen molar-refractivity contribution in [2.75, 3.05) is 7.11 Å².